The molecule has 1 nitrogen and oxygen atoms in total. The Bertz CT molecular complexity index is 670. The maximum Gasteiger partial charge on any atom is 0.416 e. The molecule has 0 N–H and O–H groups in total. The Morgan fingerprint density at radius 2 is 1.80 bits per heavy atom. The predicted molar refractivity (Wildman–Crippen MR) is 68.6 cm³/mol. The molecule has 106 valence electrons. The highest BCUT2D eigenvalue weighted by Gasteiger charge is 2.32. The van der Waals surface area contributed by atoms with Gasteiger partial charge < -0.3 is 0 Å². The number of hydrogen-bond donors (Lipinski definition) is 0. The van der Waals surface area contributed by atoms with Crippen molar-refractivity contribution in [2.24, 2.45) is 0 Å². The van der Waals surface area contributed by atoms with Crippen LogP contribution in [0.2, 0.25) is 0 Å². The van der Waals surface area contributed by atoms with Gasteiger partial charge in [-0.05, 0) is 43.7 Å². The molecule has 20 heavy (non-hydrogen) atoms. The molecule has 0 aliphatic carbocycles. The van der Waals surface area contributed by atoms with Crippen LogP contribution in [0.25, 0.3) is 0 Å². The van der Waals surface area contributed by atoms with Crippen LogP contribution >= 0.6 is 11.3 Å². The number of alkyl halides is 3. The van der Waals surface area contributed by atoms with Gasteiger partial charge in [0.25, 0.3) is 0 Å². The zero-order valence-electron chi connectivity index (χ0n) is 10.6. The summed E-state index contributed by atoms with van der Waals surface area (Å²) in [5, 5.41) is 0. The highest BCUT2D eigenvalue weighted by molar-refractivity contribution is 7.14. The largest absolute Gasteiger partial charge is 0.416 e. The second-order valence-electron chi connectivity index (χ2n) is 4.39. The Balaban J connectivity index is 2.52. The number of halogens is 4. The molecule has 1 heterocycles. The molecule has 0 fully saturated rings. The maximum atomic E-state index is 13.6. The molecule has 0 radical (unpaired) electrons. The van der Waals surface area contributed by atoms with E-state index in [1.165, 1.54) is 0 Å². The van der Waals surface area contributed by atoms with Crippen LogP contribution in [0.4, 0.5) is 17.6 Å². The first-order chi connectivity index (χ1) is 9.20. The van der Waals surface area contributed by atoms with E-state index in [1.807, 2.05) is 0 Å². The van der Waals surface area contributed by atoms with Crippen molar-refractivity contribution in [1.82, 2.24) is 0 Å². The molecule has 6 heteroatoms. The molecular weight excluding hydrogens is 292 g/mol. The number of carbonyl (C=O) groups is 1. The summed E-state index contributed by atoms with van der Waals surface area (Å²) in [5.41, 5.74) is -0.952. The van der Waals surface area contributed by atoms with Crippen molar-refractivity contribution < 1.29 is 22.4 Å². The van der Waals surface area contributed by atoms with Crippen molar-refractivity contribution in [3.63, 3.8) is 0 Å². The molecule has 0 bridgehead atoms. The zero-order chi connectivity index (χ0) is 15.1. The van der Waals surface area contributed by atoms with Gasteiger partial charge >= 0.3 is 6.18 Å². The summed E-state index contributed by atoms with van der Waals surface area (Å²) in [7, 11) is 0. The lowest BCUT2D eigenvalue weighted by Crippen LogP contribution is -2.10. The number of thiophene rings is 1. The summed E-state index contributed by atoms with van der Waals surface area (Å²) >= 11 is 1.14. The van der Waals surface area contributed by atoms with Crippen LogP contribution in [0.15, 0.2) is 24.3 Å². The Labute approximate surface area is 116 Å². The van der Waals surface area contributed by atoms with Crippen molar-refractivity contribution in [1.29, 1.82) is 0 Å². The van der Waals surface area contributed by atoms with Crippen LogP contribution in [0, 0.1) is 19.7 Å². The molecular formula is C14H10F4OS. The lowest BCUT2D eigenvalue weighted by molar-refractivity contribution is -0.137. The summed E-state index contributed by atoms with van der Waals surface area (Å²) < 4.78 is 51.5. The second-order valence-corrected chi connectivity index (χ2v) is 5.65. The van der Waals surface area contributed by atoms with Gasteiger partial charge in [0.2, 0.25) is 5.78 Å². The van der Waals surface area contributed by atoms with E-state index in [9.17, 15) is 22.4 Å². The lowest BCUT2D eigenvalue weighted by atomic mass is 10.0. The Morgan fingerprint density at radius 1 is 1.15 bits per heavy atom. The summed E-state index contributed by atoms with van der Waals surface area (Å²) in [5.74, 6) is -1.67. The Hall–Kier alpha value is -1.69. The van der Waals surface area contributed by atoms with Gasteiger partial charge in [-0.25, -0.2) is 4.39 Å². The van der Waals surface area contributed by atoms with Gasteiger partial charge in [-0.1, -0.05) is 0 Å². The number of rotatable bonds is 2. The third-order valence-electron chi connectivity index (χ3n) is 2.79. The maximum absolute atomic E-state index is 13.6. The summed E-state index contributed by atoms with van der Waals surface area (Å²) in [6.45, 7) is 3.44. The molecule has 0 saturated carbocycles. The van der Waals surface area contributed by atoms with Crippen LogP contribution in [-0.4, -0.2) is 5.78 Å². The molecule has 1 aromatic carbocycles. The predicted octanol–water partition coefficient (Wildman–Crippen LogP) is 4.75. The summed E-state index contributed by atoms with van der Waals surface area (Å²) in [6, 6.07) is 3.60. The molecule has 0 aliphatic heterocycles. The van der Waals surface area contributed by atoms with Crippen molar-refractivity contribution >= 4 is 17.1 Å². The minimum Gasteiger partial charge on any atom is -0.288 e. The lowest BCUT2D eigenvalue weighted by Gasteiger charge is -2.09. The number of hydrogen-bond acceptors (Lipinski definition) is 2. The van der Waals surface area contributed by atoms with Gasteiger partial charge in [0.05, 0.1) is 16.0 Å². The number of ketones is 1. The zero-order valence-corrected chi connectivity index (χ0v) is 11.5. The molecule has 0 aliphatic rings. The molecule has 2 aromatic rings. The van der Waals surface area contributed by atoms with E-state index in [4.69, 9.17) is 0 Å². The van der Waals surface area contributed by atoms with Crippen molar-refractivity contribution in [2.75, 3.05) is 0 Å². The highest BCUT2D eigenvalue weighted by Crippen LogP contribution is 2.32. The van der Waals surface area contributed by atoms with Crippen molar-refractivity contribution in [3.8, 4) is 0 Å². The average molecular weight is 302 g/mol. The third-order valence-corrected chi connectivity index (χ3v) is 3.94. The quantitative estimate of drug-likeness (QED) is 0.578. The monoisotopic (exact) mass is 302 g/mol. The van der Waals surface area contributed by atoms with Gasteiger partial charge in [0, 0.05) is 4.88 Å². The number of carbonyl (C=O) groups excluding carboxylic acids is 1. The van der Waals surface area contributed by atoms with E-state index in [0.717, 1.165) is 16.2 Å². The average Bonchev–Trinajstić information content (AvgIpc) is 2.66. The molecule has 0 amide bonds. The Kier molecular flexibility index (Phi) is 3.69. The van der Waals surface area contributed by atoms with Gasteiger partial charge in [0.15, 0.2) is 0 Å². The first-order valence-electron chi connectivity index (χ1n) is 5.68. The molecule has 1 aromatic heterocycles. The van der Waals surface area contributed by atoms with Crippen LogP contribution in [0.5, 0.6) is 0 Å². The number of benzene rings is 1. The van der Waals surface area contributed by atoms with E-state index < -0.39 is 28.9 Å². The van der Waals surface area contributed by atoms with Crippen LogP contribution in [-0.2, 0) is 6.18 Å². The molecule has 0 atom stereocenters. The fourth-order valence-corrected chi connectivity index (χ4v) is 2.84. The summed E-state index contributed by atoms with van der Waals surface area (Å²) in [4.78, 5) is 13.3. The first-order valence-corrected chi connectivity index (χ1v) is 6.50. The van der Waals surface area contributed by atoms with E-state index in [-0.39, 0.29) is 4.88 Å². The van der Waals surface area contributed by atoms with Gasteiger partial charge in [-0.3, -0.25) is 4.79 Å². The van der Waals surface area contributed by atoms with Crippen molar-refractivity contribution in [3.05, 3.63) is 56.5 Å². The molecule has 0 unspecified atom stereocenters. The fourth-order valence-electron chi connectivity index (χ4n) is 1.86. The van der Waals surface area contributed by atoms with Gasteiger partial charge in [-0.15, -0.1) is 11.3 Å². The minimum absolute atomic E-state index is 0.265. The van der Waals surface area contributed by atoms with Crippen molar-refractivity contribution in [2.45, 2.75) is 20.0 Å². The van der Waals surface area contributed by atoms with Gasteiger partial charge in [-0.2, -0.15) is 13.2 Å². The topological polar surface area (TPSA) is 17.1 Å². The first kappa shape index (κ1) is 14.7. The smallest absolute Gasteiger partial charge is 0.288 e. The van der Waals surface area contributed by atoms with E-state index in [2.05, 4.69) is 0 Å². The highest BCUT2D eigenvalue weighted by atomic mass is 32.1. The van der Waals surface area contributed by atoms with E-state index in [0.29, 0.717) is 23.8 Å². The van der Waals surface area contributed by atoms with E-state index >= 15 is 0 Å². The molecule has 0 saturated heterocycles. The van der Waals surface area contributed by atoms with Crippen LogP contribution < -0.4 is 0 Å². The van der Waals surface area contributed by atoms with Crippen LogP contribution in [0.3, 0.4) is 0 Å². The standard InChI is InChI=1S/C14H10F4OS/c1-7-5-8(2)20-13(7)12(19)10-6-9(14(16,17)18)3-4-11(10)15/h3-6H,1-2H3. The molecule has 0 spiro atoms. The summed E-state index contributed by atoms with van der Waals surface area (Å²) in [6.07, 6.45) is -4.61. The fraction of sp³-hybridized carbons (Fsp3) is 0.214. The van der Waals surface area contributed by atoms with Crippen LogP contribution in [0.1, 0.15) is 31.2 Å². The second kappa shape index (κ2) is 5.01. The minimum atomic E-state index is -4.61. The van der Waals surface area contributed by atoms with Gasteiger partial charge in [0.1, 0.15) is 5.82 Å². The molecule has 2 rings (SSSR count). The normalized spacial score (nSPS) is 11.7. The Morgan fingerprint density at radius 3 is 2.30 bits per heavy atom. The third kappa shape index (κ3) is 2.75. The number of aryl methyl sites for hydroxylation is 2. The SMILES string of the molecule is Cc1cc(C)c(C(=O)c2cc(C(F)(F)F)ccc2F)s1. The van der Waals surface area contributed by atoms with E-state index in [1.54, 1.807) is 19.9 Å².